The Labute approximate surface area is 126 Å². The predicted octanol–water partition coefficient (Wildman–Crippen LogP) is 2.10. The number of amides is 2. The van der Waals surface area contributed by atoms with E-state index in [9.17, 15) is 4.79 Å². The fraction of sp³-hybridized carbons (Fsp3) is 0.562. The number of piperazine rings is 1. The van der Waals surface area contributed by atoms with Crippen LogP contribution in [0.5, 0.6) is 5.75 Å². The van der Waals surface area contributed by atoms with E-state index in [-0.39, 0.29) is 6.03 Å². The summed E-state index contributed by atoms with van der Waals surface area (Å²) in [5, 5.41) is 2.86. The maximum absolute atomic E-state index is 11.8. The number of nitrogens with zero attached hydrogens (tertiary/aromatic N) is 2. The van der Waals surface area contributed by atoms with Gasteiger partial charge in [-0.3, -0.25) is 4.90 Å². The zero-order valence-corrected chi connectivity index (χ0v) is 13.1. The maximum Gasteiger partial charge on any atom is 0.317 e. The quantitative estimate of drug-likeness (QED) is 0.924. The number of hydrogen-bond donors (Lipinski definition) is 1. The van der Waals surface area contributed by atoms with Gasteiger partial charge in [-0.25, -0.2) is 4.79 Å². The normalized spacial score (nSPS) is 17.4. The third-order valence-corrected chi connectivity index (χ3v) is 4.05. The molecule has 0 aromatic heterocycles. The van der Waals surface area contributed by atoms with Crippen LogP contribution >= 0.6 is 0 Å². The Hall–Kier alpha value is -1.75. The van der Waals surface area contributed by atoms with E-state index in [4.69, 9.17) is 4.74 Å². The number of ether oxygens (including phenoxy) is 1. The first kappa shape index (κ1) is 15.6. The van der Waals surface area contributed by atoms with Crippen LogP contribution in [0.25, 0.3) is 0 Å². The van der Waals surface area contributed by atoms with E-state index in [0.717, 1.165) is 31.9 Å². The van der Waals surface area contributed by atoms with Gasteiger partial charge in [-0.2, -0.15) is 0 Å². The van der Waals surface area contributed by atoms with Crippen molar-refractivity contribution >= 4 is 6.03 Å². The summed E-state index contributed by atoms with van der Waals surface area (Å²) in [7, 11) is 1.69. The molecule has 0 saturated carbocycles. The van der Waals surface area contributed by atoms with Crippen molar-refractivity contribution in [3.8, 4) is 5.75 Å². The van der Waals surface area contributed by atoms with Crippen molar-refractivity contribution in [2.24, 2.45) is 0 Å². The molecule has 1 heterocycles. The van der Waals surface area contributed by atoms with Crippen molar-refractivity contribution in [3.63, 3.8) is 0 Å². The molecule has 116 valence electrons. The summed E-state index contributed by atoms with van der Waals surface area (Å²) in [6, 6.07) is 8.57. The maximum atomic E-state index is 11.8. The summed E-state index contributed by atoms with van der Waals surface area (Å²) >= 11 is 0. The van der Waals surface area contributed by atoms with E-state index >= 15 is 0 Å². The van der Waals surface area contributed by atoms with Gasteiger partial charge in [0, 0.05) is 38.8 Å². The van der Waals surface area contributed by atoms with E-state index in [0.29, 0.717) is 12.6 Å². The summed E-state index contributed by atoms with van der Waals surface area (Å²) in [5.41, 5.74) is 1.25. The average Bonchev–Trinajstić information content (AvgIpc) is 2.54. The van der Waals surface area contributed by atoms with Gasteiger partial charge in [-0.05, 0) is 31.5 Å². The van der Waals surface area contributed by atoms with E-state index < -0.39 is 0 Å². The van der Waals surface area contributed by atoms with Gasteiger partial charge in [0.15, 0.2) is 0 Å². The Morgan fingerprint density at radius 1 is 1.33 bits per heavy atom. The molecule has 1 fully saturated rings. The van der Waals surface area contributed by atoms with Crippen LogP contribution in [-0.4, -0.2) is 55.7 Å². The SMILES string of the molecule is CCNC(=O)N1CCN(C(C)c2cccc(OC)c2)CC1. The molecule has 1 aromatic carbocycles. The van der Waals surface area contributed by atoms with Gasteiger partial charge < -0.3 is 15.0 Å². The second-order valence-corrected chi connectivity index (χ2v) is 5.31. The smallest absolute Gasteiger partial charge is 0.317 e. The van der Waals surface area contributed by atoms with Crippen molar-refractivity contribution in [1.29, 1.82) is 0 Å². The van der Waals surface area contributed by atoms with Gasteiger partial charge in [0.1, 0.15) is 5.75 Å². The number of hydrogen-bond acceptors (Lipinski definition) is 3. The van der Waals surface area contributed by atoms with E-state index in [2.05, 4.69) is 29.3 Å². The number of rotatable bonds is 4. The Kier molecular flexibility index (Phi) is 5.44. The van der Waals surface area contributed by atoms with E-state index in [1.54, 1.807) is 7.11 Å². The fourth-order valence-corrected chi connectivity index (χ4v) is 2.69. The highest BCUT2D eigenvalue weighted by Gasteiger charge is 2.24. The topological polar surface area (TPSA) is 44.8 Å². The third kappa shape index (κ3) is 3.88. The summed E-state index contributed by atoms with van der Waals surface area (Å²) < 4.78 is 5.29. The zero-order chi connectivity index (χ0) is 15.2. The number of benzene rings is 1. The van der Waals surface area contributed by atoms with Crippen LogP contribution in [-0.2, 0) is 0 Å². The standard InChI is InChI=1S/C16H25N3O2/c1-4-17-16(20)19-10-8-18(9-11-19)13(2)14-6-5-7-15(12-14)21-3/h5-7,12-13H,4,8-11H2,1-3H3,(H,17,20). The second-order valence-electron chi connectivity index (χ2n) is 5.31. The first-order chi connectivity index (χ1) is 10.2. The molecular weight excluding hydrogens is 266 g/mol. The predicted molar refractivity (Wildman–Crippen MR) is 83.6 cm³/mol. The summed E-state index contributed by atoms with van der Waals surface area (Å²) in [4.78, 5) is 16.1. The minimum absolute atomic E-state index is 0.0474. The monoisotopic (exact) mass is 291 g/mol. The van der Waals surface area contributed by atoms with Crippen LogP contribution in [0.4, 0.5) is 4.79 Å². The molecule has 0 aliphatic carbocycles. The molecule has 0 bridgehead atoms. The van der Waals surface area contributed by atoms with E-state index in [1.165, 1.54) is 5.56 Å². The van der Waals surface area contributed by atoms with Crippen molar-refractivity contribution in [2.75, 3.05) is 39.8 Å². The molecule has 5 nitrogen and oxygen atoms in total. The van der Waals surface area contributed by atoms with Crippen molar-refractivity contribution < 1.29 is 9.53 Å². The first-order valence-electron chi connectivity index (χ1n) is 7.56. The highest BCUT2D eigenvalue weighted by atomic mass is 16.5. The van der Waals surface area contributed by atoms with Gasteiger partial charge in [-0.15, -0.1) is 0 Å². The molecule has 1 unspecified atom stereocenters. The molecule has 21 heavy (non-hydrogen) atoms. The van der Waals surface area contributed by atoms with Crippen LogP contribution in [0.3, 0.4) is 0 Å². The molecule has 5 heteroatoms. The number of methoxy groups -OCH3 is 1. The number of nitrogens with one attached hydrogen (secondary N) is 1. The van der Waals surface area contributed by atoms with Crippen molar-refractivity contribution in [2.45, 2.75) is 19.9 Å². The molecule has 2 rings (SSSR count). The summed E-state index contributed by atoms with van der Waals surface area (Å²) in [6.45, 7) is 8.18. The van der Waals surface area contributed by atoms with Crippen LogP contribution in [0, 0.1) is 0 Å². The number of urea groups is 1. The van der Waals surface area contributed by atoms with Crippen molar-refractivity contribution in [3.05, 3.63) is 29.8 Å². The lowest BCUT2D eigenvalue weighted by atomic mass is 10.1. The summed E-state index contributed by atoms with van der Waals surface area (Å²) in [6.07, 6.45) is 0. The molecule has 0 spiro atoms. The highest BCUT2D eigenvalue weighted by molar-refractivity contribution is 5.74. The Bertz CT molecular complexity index is 470. The van der Waals surface area contributed by atoms with Crippen LogP contribution < -0.4 is 10.1 Å². The van der Waals surface area contributed by atoms with Gasteiger partial charge in [-0.1, -0.05) is 12.1 Å². The Morgan fingerprint density at radius 2 is 2.05 bits per heavy atom. The second kappa shape index (κ2) is 7.31. The van der Waals surface area contributed by atoms with E-state index in [1.807, 2.05) is 24.0 Å². The van der Waals surface area contributed by atoms with Gasteiger partial charge in [0.25, 0.3) is 0 Å². The molecule has 1 aliphatic rings. The minimum Gasteiger partial charge on any atom is -0.497 e. The largest absolute Gasteiger partial charge is 0.497 e. The fourth-order valence-electron chi connectivity index (χ4n) is 2.69. The van der Waals surface area contributed by atoms with Crippen molar-refractivity contribution in [1.82, 2.24) is 15.1 Å². The van der Waals surface area contributed by atoms with Gasteiger partial charge >= 0.3 is 6.03 Å². The van der Waals surface area contributed by atoms with Crippen LogP contribution in [0.1, 0.15) is 25.5 Å². The van der Waals surface area contributed by atoms with Crippen LogP contribution in [0.15, 0.2) is 24.3 Å². The molecule has 1 saturated heterocycles. The molecule has 0 radical (unpaired) electrons. The number of carbonyl (C=O) groups excluding carboxylic acids is 1. The van der Waals surface area contributed by atoms with Crippen LogP contribution in [0.2, 0.25) is 0 Å². The lowest BCUT2D eigenvalue weighted by Gasteiger charge is -2.38. The lowest BCUT2D eigenvalue weighted by molar-refractivity contribution is 0.114. The Morgan fingerprint density at radius 3 is 2.67 bits per heavy atom. The molecule has 1 aliphatic heterocycles. The molecule has 2 amide bonds. The average molecular weight is 291 g/mol. The third-order valence-electron chi connectivity index (χ3n) is 4.05. The minimum atomic E-state index is 0.0474. The molecule has 1 atom stereocenters. The highest BCUT2D eigenvalue weighted by Crippen LogP contribution is 2.24. The summed E-state index contributed by atoms with van der Waals surface area (Å²) in [5.74, 6) is 0.889. The first-order valence-corrected chi connectivity index (χ1v) is 7.56. The molecule has 1 N–H and O–H groups in total. The van der Waals surface area contributed by atoms with Gasteiger partial charge in [0.05, 0.1) is 7.11 Å². The number of carbonyl (C=O) groups is 1. The Balaban J connectivity index is 1.93. The molecule has 1 aromatic rings. The lowest BCUT2D eigenvalue weighted by Crippen LogP contribution is -2.52. The zero-order valence-electron chi connectivity index (χ0n) is 13.1. The van der Waals surface area contributed by atoms with Gasteiger partial charge in [0.2, 0.25) is 0 Å². The molecular formula is C16H25N3O2.